The Labute approximate surface area is 159 Å². The van der Waals surface area contributed by atoms with E-state index in [2.05, 4.69) is 6.92 Å². The van der Waals surface area contributed by atoms with E-state index in [0.29, 0.717) is 6.42 Å². The molecule has 1 aromatic heterocycles. The maximum Gasteiger partial charge on any atom is 0.342 e. The van der Waals surface area contributed by atoms with Crippen LogP contribution in [0.25, 0.3) is 11.1 Å². The lowest BCUT2D eigenvalue weighted by atomic mass is 9.95. The van der Waals surface area contributed by atoms with E-state index in [4.69, 9.17) is 10.5 Å². The van der Waals surface area contributed by atoms with Gasteiger partial charge < -0.3 is 25.7 Å². The number of ether oxygens (including phenoxy) is 1. The maximum absolute atomic E-state index is 14.1. The number of hydrogen-bond donors (Lipinski definition) is 4. The minimum absolute atomic E-state index is 0.00226. The van der Waals surface area contributed by atoms with Gasteiger partial charge in [0.25, 0.3) is 5.56 Å². The van der Waals surface area contributed by atoms with Gasteiger partial charge in [-0.3, -0.25) is 4.79 Å². The highest BCUT2D eigenvalue weighted by Gasteiger charge is 2.27. The molecule has 2 rings (SSSR count). The first-order valence-electron chi connectivity index (χ1n) is 8.73. The van der Waals surface area contributed by atoms with Gasteiger partial charge >= 0.3 is 11.9 Å². The van der Waals surface area contributed by atoms with Crippen LogP contribution in [0.15, 0.2) is 23.0 Å². The van der Waals surface area contributed by atoms with Gasteiger partial charge in [0.2, 0.25) is 0 Å². The molecule has 0 saturated heterocycles. The fraction of sp³-hybridized carbons (Fsp3) is 0.316. The number of unbranched alkanes of at least 4 members (excludes halogenated alkanes) is 3. The SMILES string of the molecule is CCCCCCOc1cc(-c2c(C(=O)O)c(N)[nH]c(=O)c2C(=O)O)ccc1F. The number of aromatic nitrogens is 1. The molecule has 0 spiro atoms. The van der Waals surface area contributed by atoms with Crippen LogP contribution < -0.4 is 16.0 Å². The Kier molecular flexibility index (Phi) is 6.75. The summed E-state index contributed by atoms with van der Waals surface area (Å²) in [6.45, 7) is 2.30. The first-order valence-corrected chi connectivity index (χ1v) is 8.73. The molecule has 0 fully saturated rings. The summed E-state index contributed by atoms with van der Waals surface area (Å²) in [6, 6.07) is 3.36. The monoisotopic (exact) mass is 392 g/mol. The van der Waals surface area contributed by atoms with Gasteiger partial charge in [-0.25, -0.2) is 14.0 Å². The van der Waals surface area contributed by atoms with Crippen LogP contribution in [0.4, 0.5) is 10.2 Å². The number of carbonyl (C=O) groups is 2. The summed E-state index contributed by atoms with van der Waals surface area (Å²) < 4.78 is 19.5. The Balaban J connectivity index is 2.55. The van der Waals surface area contributed by atoms with Crippen molar-refractivity contribution in [3.8, 4) is 16.9 Å². The van der Waals surface area contributed by atoms with Crippen LogP contribution in [0.3, 0.4) is 0 Å². The lowest BCUT2D eigenvalue weighted by molar-refractivity contribution is 0.0695. The number of rotatable bonds is 9. The number of pyridine rings is 1. The number of nitrogens with one attached hydrogen (secondary N) is 1. The third kappa shape index (κ3) is 4.48. The normalized spacial score (nSPS) is 10.6. The molecule has 1 aromatic carbocycles. The Morgan fingerprint density at radius 3 is 2.43 bits per heavy atom. The van der Waals surface area contributed by atoms with Crippen molar-refractivity contribution in [3.05, 3.63) is 45.5 Å². The van der Waals surface area contributed by atoms with E-state index in [1.807, 2.05) is 4.98 Å². The van der Waals surface area contributed by atoms with Gasteiger partial charge in [-0.1, -0.05) is 32.3 Å². The van der Waals surface area contributed by atoms with Crippen molar-refractivity contribution >= 4 is 17.8 Å². The molecule has 28 heavy (non-hydrogen) atoms. The van der Waals surface area contributed by atoms with Crippen LogP contribution in [0, 0.1) is 5.82 Å². The number of halogens is 1. The highest BCUT2D eigenvalue weighted by atomic mass is 19.1. The van der Waals surface area contributed by atoms with Gasteiger partial charge in [0.05, 0.1) is 6.61 Å². The average Bonchev–Trinajstić information content (AvgIpc) is 2.61. The Morgan fingerprint density at radius 1 is 1.14 bits per heavy atom. The molecule has 0 saturated carbocycles. The second kappa shape index (κ2) is 9.03. The highest BCUT2D eigenvalue weighted by molar-refractivity contribution is 6.07. The average molecular weight is 392 g/mol. The van der Waals surface area contributed by atoms with Gasteiger partial charge in [0.1, 0.15) is 16.9 Å². The molecule has 0 aliphatic rings. The zero-order valence-corrected chi connectivity index (χ0v) is 15.3. The zero-order valence-electron chi connectivity index (χ0n) is 15.3. The van der Waals surface area contributed by atoms with Crippen LogP contribution in [0.2, 0.25) is 0 Å². The summed E-state index contributed by atoms with van der Waals surface area (Å²) in [4.78, 5) is 37.3. The molecule has 8 nitrogen and oxygen atoms in total. The largest absolute Gasteiger partial charge is 0.490 e. The van der Waals surface area contributed by atoms with Crippen molar-refractivity contribution in [3.63, 3.8) is 0 Å². The second-order valence-electron chi connectivity index (χ2n) is 6.16. The summed E-state index contributed by atoms with van der Waals surface area (Å²) in [6.07, 6.45) is 3.66. The molecular weight excluding hydrogens is 371 g/mol. The van der Waals surface area contributed by atoms with E-state index in [9.17, 15) is 29.0 Å². The summed E-state index contributed by atoms with van der Waals surface area (Å²) in [5, 5.41) is 18.8. The van der Waals surface area contributed by atoms with Gasteiger partial charge in [0, 0.05) is 5.56 Å². The molecule has 9 heteroatoms. The Morgan fingerprint density at radius 2 is 1.82 bits per heavy atom. The number of aromatic amines is 1. The molecule has 0 unspecified atom stereocenters. The minimum Gasteiger partial charge on any atom is -0.490 e. The zero-order chi connectivity index (χ0) is 20.8. The first-order chi connectivity index (χ1) is 13.3. The van der Waals surface area contributed by atoms with Gasteiger partial charge in [-0.05, 0) is 24.1 Å². The molecule has 0 aliphatic carbocycles. The van der Waals surface area contributed by atoms with E-state index in [1.165, 1.54) is 12.1 Å². The number of anilines is 1. The number of benzene rings is 1. The summed E-state index contributed by atoms with van der Waals surface area (Å²) in [5.74, 6) is -4.52. The first kappa shape index (κ1) is 20.9. The summed E-state index contributed by atoms with van der Waals surface area (Å²) in [7, 11) is 0. The summed E-state index contributed by atoms with van der Waals surface area (Å²) >= 11 is 0. The standard InChI is InChI=1S/C19H21FN2O6/c1-2-3-4-5-8-28-12-9-10(6-7-11(12)20)13-14(18(24)25)16(21)22-17(23)15(13)19(26)27/h6-7,9H,2-5,8H2,1H3,(H,24,25)(H,26,27)(H3,21,22,23). The predicted molar refractivity (Wildman–Crippen MR) is 100 cm³/mol. The minimum atomic E-state index is -1.63. The predicted octanol–water partition coefficient (Wildman–Crippen LogP) is 3.12. The van der Waals surface area contributed by atoms with Gasteiger partial charge in [0.15, 0.2) is 11.6 Å². The van der Waals surface area contributed by atoms with E-state index < -0.39 is 45.8 Å². The van der Waals surface area contributed by atoms with Crippen LogP contribution in [0.1, 0.15) is 53.3 Å². The van der Waals surface area contributed by atoms with Crippen molar-refractivity contribution in [1.29, 1.82) is 0 Å². The second-order valence-corrected chi connectivity index (χ2v) is 6.16. The lowest BCUT2D eigenvalue weighted by Crippen LogP contribution is -2.24. The number of nitrogen functional groups attached to an aromatic ring is 1. The fourth-order valence-corrected chi connectivity index (χ4v) is 2.82. The molecule has 0 bridgehead atoms. The third-order valence-corrected chi connectivity index (χ3v) is 4.15. The van der Waals surface area contributed by atoms with Crippen LogP contribution in [-0.2, 0) is 0 Å². The lowest BCUT2D eigenvalue weighted by Gasteiger charge is -2.14. The molecule has 5 N–H and O–H groups in total. The molecule has 0 amide bonds. The van der Waals surface area contributed by atoms with Crippen molar-refractivity contribution in [1.82, 2.24) is 4.98 Å². The van der Waals surface area contributed by atoms with Crippen LogP contribution in [-0.4, -0.2) is 33.7 Å². The van der Waals surface area contributed by atoms with Crippen molar-refractivity contribution in [2.75, 3.05) is 12.3 Å². The molecule has 0 atom stereocenters. The number of hydrogen-bond acceptors (Lipinski definition) is 5. The fourth-order valence-electron chi connectivity index (χ4n) is 2.82. The smallest absolute Gasteiger partial charge is 0.342 e. The quantitative estimate of drug-likeness (QED) is 0.480. The highest BCUT2D eigenvalue weighted by Crippen LogP contribution is 2.32. The van der Waals surface area contributed by atoms with Crippen LogP contribution in [0.5, 0.6) is 5.75 Å². The number of nitrogens with two attached hydrogens (primary N) is 1. The maximum atomic E-state index is 14.1. The number of aromatic carboxylic acids is 2. The van der Waals surface area contributed by atoms with Gasteiger partial charge in [-0.15, -0.1) is 0 Å². The molecule has 2 aromatic rings. The topological polar surface area (TPSA) is 143 Å². The van der Waals surface area contributed by atoms with Crippen molar-refractivity contribution in [2.24, 2.45) is 0 Å². The molecule has 0 radical (unpaired) electrons. The van der Waals surface area contributed by atoms with Crippen molar-refractivity contribution in [2.45, 2.75) is 32.6 Å². The number of carboxylic acids is 2. The molecular formula is C19H21FN2O6. The third-order valence-electron chi connectivity index (χ3n) is 4.15. The van der Waals surface area contributed by atoms with E-state index in [-0.39, 0.29) is 17.9 Å². The Bertz CT molecular complexity index is 954. The van der Waals surface area contributed by atoms with Gasteiger partial charge in [-0.2, -0.15) is 0 Å². The Hall–Kier alpha value is -3.36. The molecule has 1 heterocycles. The number of H-pyrrole nitrogens is 1. The number of carboxylic acid groups (broad SMARTS) is 2. The summed E-state index contributed by atoms with van der Waals surface area (Å²) in [5.41, 5.74) is 2.74. The molecule has 0 aliphatic heterocycles. The van der Waals surface area contributed by atoms with E-state index >= 15 is 0 Å². The van der Waals surface area contributed by atoms with E-state index in [1.54, 1.807) is 0 Å². The van der Waals surface area contributed by atoms with E-state index in [0.717, 1.165) is 25.3 Å². The van der Waals surface area contributed by atoms with Crippen molar-refractivity contribution < 1.29 is 28.9 Å². The molecule has 150 valence electrons. The van der Waals surface area contributed by atoms with Crippen LogP contribution >= 0.6 is 0 Å².